The van der Waals surface area contributed by atoms with Crippen molar-refractivity contribution in [2.75, 3.05) is 20.1 Å². The van der Waals surface area contributed by atoms with Crippen molar-refractivity contribution in [2.45, 2.75) is 25.3 Å². The molecule has 3 N–H and O–H groups in total. The minimum absolute atomic E-state index is 0.0946. The van der Waals surface area contributed by atoms with Gasteiger partial charge in [-0.1, -0.05) is 12.2 Å². The molecular weight excluding hydrogens is 224 g/mol. The molecule has 0 aromatic heterocycles. The second-order valence-electron chi connectivity index (χ2n) is 3.82. The number of nitrogens with two attached hydrogens (primary N) is 1. The van der Waals surface area contributed by atoms with E-state index in [0.29, 0.717) is 12.4 Å². The van der Waals surface area contributed by atoms with E-state index in [0.717, 1.165) is 25.8 Å². The normalized spacial score (nSPS) is 23.1. The lowest BCUT2D eigenvalue weighted by molar-refractivity contribution is -0.132. The highest BCUT2D eigenvalue weighted by Crippen LogP contribution is 2.11. The van der Waals surface area contributed by atoms with E-state index in [1.807, 2.05) is 0 Å². The molecule has 1 heterocycles. The first kappa shape index (κ1) is 13.1. The van der Waals surface area contributed by atoms with Crippen molar-refractivity contribution in [3.8, 4) is 0 Å². The smallest absolute Gasteiger partial charge is 0.240 e. The van der Waals surface area contributed by atoms with Crippen LogP contribution in [0.1, 0.15) is 19.3 Å². The van der Waals surface area contributed by atoms with Crippen LogP contribution in [0.2, 0.25) is 0 Å². The highest BCUT2D eigenvalue weighted by Gasteiger charge is 2.25. The van der Waals surface area contributed by atoms with E-state index >= 15 is 0 Å². The van der Waals surface area contributed by atoms with Crippen LogP contribution in [0, 0.1) is 0 Å². The molecule has 5 nitrogen and oxygen atoms in total. The maximum absolute atomic E-state index is 12.0. The summed E-state index contributed by atoms with van der Waals surface area (Å²) in [5, 5.41) is 3.03. The Labute approximate surface area is 101 Å². The number of thiocarbonyl (C=S) groups is 1. The third-order valence-electron chi connectivity index (χ3n) is 2.70. The Hall–Kier alpha value is -1.01. The lowest BCUT2D eigenvalue weighted by Gasteiger charge is -2.23. The second kappa shape index (κ2) is 6.55. The van der Waals surface area contributed by atoms with Crippen LogP contribution >= 0.6 is 12.2 Å². The number of nitrogens with zero attached hydrogens (tertiary/aromatic N) is 2. The van der Waals surface area contributed by atoms with Crippen molar-refractivity contribution in [2.24, 2.45) is 10.7 Å². The monoisotopic (exact) mass is 242 g/mol. The van der Waals surface area contributed by atoms with E-state index in [1.54, 1.807) is 11.9 Å². The number of likely N-dealkylation sites (N-methyl/N-ethyl adjacent to an activating group) is 1. The molecule has 1 unspecified atom stereocenters. The molecule has 1 saturated heterocycles. The standard InChI is InChI=1S/C10H18N4OS/c1-12-8-4-2-3-5-14(10(8)15)6-9(11)13-7-16/h7-8,12H,2-6H2,1H3,(H2,11,13,16). The van der Waals surface area contributed by atoms with E-state index in [9.17, 15) is 4.79 Å². The van der Waals surface area contributed by atoms with Gasteiger partial charge in [0.15, 0.2) is 0 Å². The Morgan fingerprint density at radius 1 is 1.75 bits per heavy atom. The third kappa shape index (κ3) is 3.53. The van der Waals surface area contributed by atoms with Gasteiger partial charge >= 0.3 is 0 Å². The Balaban J connectivity index is 2.66. The third-order valence-corrected chi connectivity index (χ3v) is 2.81. The number of carbonyl (C=O) groups excluding carboxylic acids is 1. The van der Waals surface area contributed by atoms with Crippen molar-refractivity contribution in [3.05, 3.63) is 0 Å². The fourth-order valence-corrected chi connectivity index (χ4v) is 1.97. The van der Waals surface area contributed by atoms with Gasteiger partial charge in [0, 0.05) is 6.54 Å². The van der Waals surface area contributed by atoms with Crippen molar-refractivity contribution >= 4 is 29.5 Å². The molecule has 1 rings (SSSR count). The molecule has 90 valence electrons. The molecule has 6 heteroatoms. The first-order valence-corrected chi connectivity index (χ1v) is 5.88. The summed E-state index contributed by atoms with van der Waals surface area (Å²) in [6, 6.07) is -0.0946. The number of likely N-dealkylation sites (tertiary alicyclic amines) is 1. The quantitative estimate of drug-likeness (QED) is 0.410. The van der Waals surface area contributed by atoms with Crippen LogP contribution < -0.4 is 11.1 Å². The Bertz CT molecular complexity index is 293. The summed E-state index contributed by atoms with van der Waals surface area (Å²) in [6.45, 7) is 1.11. The van der Waals surface area contributed by atoms with Gasteiger partial charge < -0.3 is 16.0 Å². The lowest BCUT2D eigenvalue weighted by atomic mass is 10.1. The van der Waals surface area contributed by atoms with Gasteiger partial charge in [-0.15, -0.1) is 0 Å². The summed E-state index contributed by atoms with van der Waals surface area (Å²) in [5.41, 5.74) is 6.88. The van der Waals surface area contributed by atoms with Gasteiger partial charge in [-0.2, -0.15) is 0 Å². The maximum atomic E-state index is 12.0. The zero-order valence-electron chi connectivity index (χ0n) is 9.48. The zero-order valence-corrected chi connectivity index (χ0v) is 10.3. The van der Waals surface area contributed by atoms with E-state index < -0.39 is 0 Å². The molecule has 1 aliphatic heterocycles. The van der Waals surface area contributed by atoms with Crippen LogP contribution in [-0.2, 0) is 4.79 Å². The molecule has 0 spiro atoms. The average Bonchev–Trinajstić information content (AvgIpc) is 2.42. The van der Waals surface area contributed by atoms with Crippen molar-refractivity contribution in [3.63, 3.8) is 0 Å². The molecule has 1 aliphatic rings. The summed E-state index contributed by atoms with van der Waals surface area (Å²) in [4.78, 5) is 17.6. The molecule has 0 bridgehead atoms. The predicted octanol–water partition coefficient (Wildman–Crippen LogP) is -0.0987. The zero-order chi connectivity index (χ0) is 12.0. The molecule has 0 aromatic rings. The van der Waals surface area contributed by atoms with Crippen LogP contribution in [0.15, 0.2) is 4.99 Å². The minimum Gasteiger partial charge on any atom is -0.386 e. The van der Waals surface area contributed by atoms with Crippen LogP contribution in [0.5, 0.6) is 0 Å². The molecule has 1 amide bonds. The van der Waals surface area contributed by atoms with Crippen molar-refractivity contribution in [1.29, 1.82) is 0 Å². The molecule has 0 radical (unpaired) electrons. The minimum atomic E-state index is -0.0946. The molecule has 1 fully saturated rings. The van der Waals surface area contributed by atoms with E-state index in [2.05, 4.69) is 22.5 Å². The van der Waals surface area contributed by atoms with Gasteiger partial charge in [0.2, 0.25) is 5.91 Å². The van der Waals surface area contributed by atoms with Crippen molar-refractivity contribution < 1.29 is 4.79 Å². The molecule has 16 heavy (non-hydrogen) atoms. The largest absolute Gasteiger partial charge is 0.386 e. The number of hydrogen-bond acceptors (Lipinski definition) is 3. The maximum Gasteiger partial charge on any atom is 0.240 e. The fraction of sp³-hybridized carbons (Fsp3) is 0.700. The van der Waals surface area contributed by atoms with Crippen molar-refractivity contribution in [1.82, 2.24) is 10.2 Å². The number of carbonyl (C=O) groups is 1. The first-order valence-electron chi connectivity index (χ1n) is 5.41. The molecular formula is C10H18N4OS. The number of aliphatic imine (C=N–C) groups is 1. The Morgan fingerprint density at radius 2 is 2.50 bits per heavy atom. The van der Waals surface area contributed by atoms with E-state index in [1.165, 1.54) is 5.49 Å². The summed E-state index contributed by atoms with van der Waals surface area (Å²) in [6.07, 6.45) is 2.95. The second-order valence-corrected chi connectivity index (χ2v) is 4.03. The van der Waals surface area contributed by atoms with Gasteiger partial charge in [0.1, 0.15) is 5.84 Å². The Morgan fingerprint density at radius 3 is 3.12 bits per heavy atom. The lowest BCUT2D eigenvalue weighted by Crippen LogP contribution is -2.47. The molecule has 1 atom stereocenters. The van der Waals surface area contributed by atoms with Gasteiger partial charge in [0.25, 0.3) is 0 Å². The van der Waals surface area contributed by atoms with Gasteiger partial charge in [-0.3, -0.25) is 4.79 Å². The number of nitrogens with one attached hydrogen (secondary N) is 1. The van der Waals surface area contributed by atoms with Crippen LogP contribution in [0.3, 0.4) is 0 Å². The number of amides is 1. The van der Waals surface area contributed by atoms with Crippen LogP contribution in [-0.4, -0.2) is 48.3 Å². The number of hydrogen-bond donors (Lipinski definition) is 2. The highest BCUT2D eigenvalue weighted by molar-refractivity contribution is 7.78. The SMILES string of the molecule is CNC1CCCCN(CC(N)=NC=S)C1=O. The molecule has 0 saturated carbocycles. The van der Waals surface area contributed by atoms with Crippen LogP contribution in [0.4, 0.5) is 0 Å². The molecule has 0 aromatic carbocycles. The molecule has 0 aliphatic carbocycles. The highest BCUT2D eigenvalue weighted by atomic mass is 32.1. The first-order chi connectivity index (χ1) is 7.69. The summed E-state index contributed by atoms with van der Waals surface area (Å²) >= 11 is 4.59. The van der Waals surface area contributed by atoms with Crippen LogP contribution in [0.25, 0.3) is 0 Å². The topological polar surface area (TPSA) is 70.7 Å². The summed E-state index contributed by atoms with van der Waals surface area (Å²) in [5.74, 6) is 0.489. The number of amidine groups is 1. The Kier molecular flexibility index (Phi) is 5.34. The van der Waals surface area contributed by atoms with Gasteiger partial charge in [-0.25, -0.2) is 4.99 Å². The van der Waals surface area contributed by atoms with E-state index in [4.69, 9.17) is 5.73 Å². The van der Waals surface area contributed by atoms with E-state index in [-0.39, 0.29) is 11.9 Å². The summed E-state index contributed by atoms with van der Waals surface area (Å²) < 4.78 is 0. The summed E-state index contributed by atoms with van der Waals surface area (Å²) in [7, 11) is 1.81. The predicted molar refractivity (Wildman–Crippen MR) is 68.6 cm³/mol. The average molecular weight is 242 g/mol. The van der Waals surface area contributed by atoms with Gasteiger partial charge in [0.05, 0.1) is 18.1 Å². The fourth-order valence-electron chi connectivity index (χ4n) is 1.83. The van der Waals surface area contributed by atoms with Gasteiger partial charge in [-0.05, 0) is 26.3 Å². The number of rotatable bonds is 4.